The molecule has 0 aliphatic heterocycles. The maximum Gasteiger partial charge on any atom is 0.338 e. The van der Waals surface area contributed by atoms with Crippen molar-refractivity contribution in [2.75, 3.05) is 18.5 Å². The van der Waals surface area contributed by atoms with Gasteiger partial charge in [0, 0.05) is 12.2 Å². The van der Waals surface area contributed by atoms with E-state index in [0.717, 1.165) is 6.42 Å². The molecule has 1 amide bonds. The Morgan fingerprint density at radius 1 is 1.33 bits per heavy atom. The first-order valence-corrected chi connectivity index (χ1v) is 7.26. The number of anilines is 1. The molecule has 1 unspecified atom stereocenters. The Balaban J connectivity index is 2.76. The van der Waals surface area contributed by atoms with E-state index in [4.69, 9.17) is 10.5 Å². The van der Waals surface area contributed by atoms with Crippen LogP contribution < -0.4 is 11.1 Å². The number of hydrogen-bond donors (Lipinski definition) is 2. The highest BCUT2D eigenvalue weighted by atomic mass is 16.5. The van der Waals surface area contributed by atoms with Gasteiger partial charge in [-0.15, -0.1) is 0 Å². The van der Waals surface area contributed by atoms with Crippen LogP contribution in [0.2, 0.25) is 0 Å². The molecule has 0 aliphatic rings. The number of carbonyl (C=O) groups excluding carboxylic acids is 2. The first kappa shape index (κ1) is 17.2. The van der Waals surface area contributed by atoms with E-state index in [9.17, 15) is 9.59 Å². The molecular formula is C16H24N2O3. The Morgan fingerprint density at radius 3 is 2.62 bits per heavy atom. The summed E-state index contributed by atoms with van der Waals surface area (Å²) in [6.45, 7) is 6.48. The van der Waals surface area contributed by atoms with Crippen LogP contribution in [0.5, 0.6) is 0 Å². The lowest BCUT2D eigenvalue weighted by Crippen LogP contribution is -2.30. The van der Waals surface area contributed by atoms with Crippen LogP contribution in [-0.2, 0) is 9.53 Å². The molecule has 1 atom stereocenters. The zero-order valence-corrected chi connectivity index (χ0v) is 12.9. The van der Waals surface area contributed by atoms with Crippen LogP contribution in [0.25, 0.3) is 0 Å². The summed E-state index contributed by atoms with van der Waals surface area (Å²) in [6, 6.07) is 6.71. The standard InChI is InChI=1S/C16H24N2O3/c1-4-21-16(20)12-6-5-7-14(9-12)18-15(19)13(10-17)8-11(2)3/h5-7,9,11,13H,4,8,10,17H2,1-3H3,(H,18,19). The van der Waals surface area contributed by atoms with Gasteiger partial charge in [-0.2, -0.15) is 0 Å². The number of nitrogens with two attached hydrogens (primary N) is 1. The summed E-state index contributed by atoms with van der Waals surface area (Å²) in [7, 11) is 0. The topological polar surface area (TPSA) is 81.4 Å². The first-order valence-electron chi connectivity index (χ1n) is 7.26. The molecule has 1 aromatic rings. The molecule has 0 saturated carbocycles. The lowest BCUT2D eigenvalue weighted by molar-refractivity contribution is -0.120. The second-order valence-electron chi connectivity index (χ2n) is 5.35. The third-order valence-corrected chi connectivity index (χ3v) is 3.05. The Hall–Kier alpha value is -1.88. The molecule has 0 radical (unpaired) electrons. The maximum absolute atomic E-state index is 12.2. The van der Waals surface area contributed by atoms with E-state index in [-0.39, 0.29) is 11.8 Å². The Morgan fingerprint density at radius 2 is 2.05 bits per heavy atom. The first-order chi connectivity index (χ1) is 9.97. The van der Waals surface area contributed by atoms with E-state index in [1.165, 1.54) is 0 Å². The average molecular weight is 292 g/mol. The van der Waals surface area contributed by atoms with Crippen molar-refractivity contribution in [3.63, 3.8) is 0 Å². The van der Waals surface area contributed by atoms with Crippen molar-refractivity contribution < 1.29 is 14.3 Å². The molecule has 21 heavy (non-hydrogen) atoms. The number of hydrogen-bond acceptors (Lipinski definition) is 4. The zero-order chi connectivity index (χ0) is 15.8. The van der Waals surface area contributed by atoms with Crippen molar-refractivity contribution >= 4 is 17.6 Å². The smallest absolute Gasteiger partial charge is 0.338 e. The van der Waals surface area contributed by atoms with Gasteiger partial charge < -0.3 is 15.8 Å². The SMILES string of the molecule is CCOC(=O)c1cccc(NC(=O)C(CN)CC(C)C)c1. The van der Waals surface area contributed by atoms with Crippen LogP contribution in [0, 0.1) is 11.8 Å². The van der Waals surface area contributed by atoms with E-state index in [2.05, 4.69) is 19.2 Å². The van der Waals surface area contributed by atoms with Crippen LogP contribution in [0.1, 0.15) is 37.6 Å². The number of benzene rings is 1. The molecule has 0 saturated heterocycles. The van der Waals surface area contributed by atoms with Gasteiger partial charge in [0.2, 0.25) is 5.91 Å². The minimum Gasteiger partial charge on any atom is -0.462 e. The van der Waals surface area contributed by atoms with Crippen LogP contribution >= 0.6 is 0 Å². The van der Waals surface area contributed by atoms with Crippen LogP contribution in [0.4, 0.5) is 5.69 Å². The maximum atomic E-state index is 12.2. The van der Waals surface area contributed by atoms with E-state index in [0.29, 0.717) is 30.3 Å². The number of ether oxygens (including phenoxy) is 1. The quantitative estimate of drug-likeness (QED) is 0.756. The number of esters is 1. The number of nitrogens with one attached hydrogen (secondary N) is 1. The van der Waals surface area contributed by atoms with E-state index < -0.39 is 5.97 Å². The highest BCUT2D eigenvalue weighted by Crippen LogP contribution is 2.16. The second-order valence-corrected chi connectivity index (χ2v) is 5.35. The lowest BCUT2D eigenvalue weighted by atomic mass is 9.96. The normalized spacial score (nSPS) is 12.0. The van der Waals surface area contributed by atoms with Crippen LogP contribution in [-0.4, -0.2) is 25.0 Å². The second kappa shape index (κ2) is 8.42. The monoisotopic (exact) mass is 292 g/mol. The van der Waals surface area contributed by atoms with Gasteiger partial charge in [0.15, 0.2) is 0 Å². The lowest BCUT2D eigenvalue weighted by Gasteiger charge is -2.17. The molecule has 1 aromatic carbocycles. The number of amides is 1. The van der Waals surface area contributed by atoms with Gasteiger partial charge in [0.25, 0.3) is 0 Å². The van der Waals surface area contributed by atoms with Crippen LogP contribution in [0.3, 0.4) is 0 Å². The molecule has 5 nitrogen and oxygen atoms in total. The van der Waals surface area contributed by atoms with Gasteiger partial charge in [-0.1, -0.05) is 19.9 Å². The van der Waals surface area contributed by atoms with Crippen molar-refractivity contribution in [2.24, 2.45) is 17.6 Å². The molecule has 0 fully saturated rings. The summed E-state index contributed by atoms with van der Waals surface area (Å²) >= 11 is 0. The van der Waals surface area contributed by atoms with Crippen LogP contribution in [0.15, 0.2) is 24.3 Å². The Bertz CT molecular complexity index is 486. The summed E-state index contributed by atoms with van der Waals surface area (Å²) in [4.78, 5) is 23.8. The summed E-state index contributed by atoms with van der Waals surface area (Å²) in [6.07, 6.45) is 0.736. The minimum atomic E-state index is -0.397. The molecular weight excluding hydrogens is 268 g/mol. The van der Waals surface area contributed by atoms with Gasteiger partial charge in [-0.25, -0.2) is 4.79 Å². The summed E-state index contributed by atoms with van der Waals surface area (Å²) in [5.74, 6) is -0.343. The van der Waals surface area contributed by atoms with Crippen molar-refractivity contribution in [1.29, 1.82) is 0 Å². The summed E-state index contributed by atoms with van der Waals surface area (Å²) in [5.41, 5.74) is 6.65. The molecule has 0 aromatic heterocycles. The molecule has 0 heterocycles. The van der Waals surface area contributed by atoms with Gasteiger partial charge >= 0.3 is 5.97 Å². The van der Waals surface area contributed by atoms with Crippen molar-refractivity contribution in [1.82, 2.24) is 0 Å². The summed E-state index contributed by atoms with van der Waals surface area (Å²) < 4.78 is 4.94. The fraction of sp³-hybridized carbons (Fsp3) is 0.500. The number of rotatable bonds is 7. The zero-order valence-electron chi connectivity index (χ0n) is 12.9. The third-order valence-electron chi connectivity index (χ3n) is 3.05. The highest BCUT2D eigenvalue weighted by molar-refractivity contribution is 5.95. The molecule has 1 rings (SSSR count). The highest BCUT2D eigenvalue weighted by Gasteiger charge is 2.18. The molecule has 5 heteroatoms. The molecule has 116 valence electrons. The van der Waals surface area contributed by atoms with Gasteiger partial charge in [0.1, 0.15) is 0 Å². The Labute approximate surface area is 125 Å². The van der Waals surface area contributed by atoms with Crippen molar-refractivity contribution in [3.8, 4) is 0 Å². The fourth-order valence-electron chi connectivity index (χ4n) is 2.06. The largest absolute Gasteiger partial charge is 0.462 e. The van der Waals surface area contributed by atoms with E-state index in [1.807, 2.05) is 0 Å². The van der Waals surface area contributed by atoms with Crippen molar-refractivity contribution in [3.05, 3.63) is 29.8 Å². The third kappa shape index (κ3) is 5.55. The molecule has 3 N–H and O–H groups in total. The average Bonchev–Trinajstić information content (AvgIpc) is 2.45. The molecule has 0 aliphatic carbocycles. The number of carbonyl (C=O) groups is 2. The predicted molar refractivity (Wildman–Crippen MR) is 83.0 cm³/mol. The molecule has 0 spiro atoms. The van der Waals surface area contributed by atoms with E-state index >= 15 is 0 Å². The minimum absolute atomic E-state index is 0.118. The fourth-order valence-corrected chi connectivity index (χ4v) is 2.06. The Kier molecular flexibility index (Phi) is 6.88. The van der Waals surface area contributed by atoms with Gasteiger partial charge in [0.05, 0.1) is 18.1 Å². The molecule has 0 bridgehead atoms. The van der Waals surface area contributed by atoms with E-state index in [1.54, 1.807) is 31.2 Å². The van der Waals surface area contributed by atoms with Crippen molar-refractivity contribution in [2.45, 2.75) is 27.2 Å². The summed E-state index contributed by atoms with van der Waals surface area (Å²) in [5, 5.41) is 2.81. The predicted octanol–water partition coefficient (Wildman–Crippen LogP) is 2.42. The van der Waals surface area contributed by atoms with Gasteiger partial charge in [-0.3, -0.25) is 4.79 Å². The van der Waals surface area contributed by atoms with Gasteiger partial charge in [-0.05, 0) is 37.5 Å².